The Balaban J connectivity index is 1.93. The molecule has 0 spiro atoms. The predicted molar refractivity (Wildman–Crippen MR) is 70.4 cm³/mol. The molecular formula is C12H14ClNO3S. The average Bonchev–Trinajstić information content (AvgIpc) is 2.53. The van der Waals surface area contributed by atoms with Crippen LogP contribution in [0.5, 0.6) is 0 Å². The van der Waals surface area contributed by atoms with E-state index in [1.165, 1.54) is 0 Å². The van der Waals surface area contributed by atoms with Gasteiger partial charge in [-0.2, -0.15) is 0 Å². The second-order valence-corrected chi connectivity index (χ2v) is 7.14. The molecule has 0 aliphatic carbocycles. The topological polar surface area (TPSA) is 63.2 Å². The lowest BCUT2D eigenvalue weighted by atomic mass is 10.1. The van der Waals surface area contributed by atoms with Gasteiger partial charge in [0.05, 0.1) is 29.3 Å². The van der Waals surface area contributed by atoms with Crippen LogP contribution in [0.2, 0.25) is 0 Å². The number of alkyl halides is 1. The van der Waals surface area contributed by atoms with Gasteiger partial charge in [0.15, 0.2) is 9.84 Å². The second-order valence-electron chi connectivity index (χ2n) is 4.43. The van der Waals surface area contributed by atoms with Gasteiger partial charge >= 0.3 is 0 Å². The quantitative estimate of drug-likeness (QED) is 0.835. The summed E-state index contributed by atoms with van der Waals surface area (Å²) in [5.74, 6) is -0.332. The molecule has 1 fully saturated rings. The Morgan fingerprint density at radius 3 is 2.50 bits per heavy atom. The Labute approximate surface area is 111 Å². The first-order valence-electron chi connectivity index (χ1n) is 5.64. The Bertz CT molecular complexity index is 530. The molecule has 4 nitrogen and oxygen atoms in total. The molecular weight excluding hydrogens is 274 g/mol. The number of carbonyl (C=O) groups is 1. The number of benzene rings is 1. The third kappa shape index (κ3) is 3.46. The molecule has 1 aromatic rings. The van der Waals surface area contributed by atoms with Crippen LogP contribution in [0, 0.1) is 0 Å². The Kier molecular flexibility index (Phi) is 3.92. The van der Waals surface area contributed by atoms with Crippen LogP contribution in [-0.2, 0) is 21.1 Å². The van der Waals surface area contributed by atoms with Gasteiger partial charge in [-0.05, 0) is 5.56 Å². The van der Waals surface area contributed by atoms with Crippen molar-refractivity contribution in [3.05, 3.63) is 35.9 Å². The summed E-state index contributed by atoms with van der Waals surface area (Å²) in [6, 6.07) is 8.80. The maximum absolute atomic E-state index is 11.8. The molecule has 1 aliphatic rings. The summed E-state index contributed by atoms with van der Waals surface area (Å²) >= 11 is 5.92. The summed E-state index contributed by atoms with van der Waals surface area (Å²) < 4.78 is 22.7. The van der Waals surface area contributed by atoms with Crippen molar-refractivity contribution in [2.24, 2.45) is 0 Å². The van der Waals surface area contributed by atoms with Crippen LogP contribution in [-0.4, -0.2) is 37.2 Å². The summed E-state index contributed by atoms with van der Waals surface area (Å²) in [7, 11) is -3.11. The third-order valence-corrected chi connectivity index (χ3v) is 5.21. The lowest BCUT2D eigenvalue weighted by Crippen LogP contribution is -2.41. The molecule has 1 amide bonds. The minimum absolute atomic E-state index is 0.0646. The van der Waals surface area contributed by atoms with Crippen LogP contribution in [0.1, 0.15) is 5.56 Å². The molecule has 98 valence electrons. The molecule has 0 aromatic heterocycles. The molecule has 0 bridgehead atoms. The average molecular weight is 288 g/mol. The summed E-state index contributed by atoms with van der Waals surface area (Å²) in [4.78, 5) is 11.8. The molecule has 1 heterocycles. The standard InChI is InChI=1S/C12H14ClNO3S/c13-10-7-18(16,17)8-11(10)14-12(15)6-9-4-2-1-3-5-9/h1-5,10-11H,6-8H2,(H,14,15)/t10-,11+/m1/s1. The highest BCUT2D eigenvalue weighted by Gasteiger charge is 2.37. The smallest absolute Gasteiger partial charge is 0.224 e. The highest BCUT2D eigenvalue weighted by Crippen LogP contribution is 2.18. The maximum Gasteiger partial charge on any atom is 0.224 e. The number of amides is 1. The summed E-state index contributed by atoms with van der Waals surface area (Å²) in [6.45, 7) is 0. The van der Waals surface area contributed by atoms with E-state index >= 15 is 0 Å². The van der Waals surface area contributed by atoms with Crippen LogP contribution in [0.4, 0.5) is 0 Å². The van der Waals surface area contributed by atoms with Crippen LogP contribution >= 0.6 is 11.6 Å². The monoisotopic (exact) mass is 287 g/mol. The number of carbonyl (C=O) groups excluding carboxylic acids is 1. The lowest BCUT2D eigenvalue weighted by molar-refractivity contribution is -0.120. The number of hydrogen-bond donors (Lipinski definition) is 1. The van der Waals surface area contributed by atoms with Crippen molar-refractivity contribution < 1.29 is 13.2 Å². The molecule has 6 heteroatoms. The number of halogens is 1. The van der Waals surface area contributed by atoms with E-state index in [4.69, 9.17) is 11.6 Å². The molecule has 1 aliphatic heterocycles. The highest BCUT2D eigenvalue weighted by molar-refractivity contribution is 7.91. The largest absolute Gasteiger partial charge is 0.351 e. The van der Waals surface area contributed by atoms with Crippen molar-refractivity contribution in [1.82, 2.24) is 5.32 Å². The Morgan fingerprint density at radius 1 is 1.28 bits per heavy atom. The minimum atomic E-state index is -3.11. The molecule has 1 saturated heterocycles. The van der Waals surface area contributed by atoms with Crippen molar-refractivity contribution in [2.75, 3.05) is 11.5 Å². The second kappa shape index (κ2) is 5.28. The first-order chi connectivity index (χ1) is 8.46. The number of sulfone groups is 1. The maximum atomic E-state index is 11.8. The zero-order chi connectivity index (χ0) is 13.2. The van der Waals surface area contributed by atoms with E-state index < -0.39 is 21.3 Å². The van der Waals surface area contributed by atoms with Gasteiger partial charge in [0.25, 0.3) is 0 Å². The van der Waals surface area contributed by atoms with Gasteiger partial charge < -0.3 is 5.32 Å². The van der Waals surface area contributed by atoms with Crippen LogP contribution in [0.15, 0.2) is 30.3 Å². The van der Waals surface area contributed by atoms with Crippen LogP contribution in [0.25, 0.3) is 0 Å². The fraction of sp³-hybridized carbons (Fsp3) is 0.417. The normalized spacial score (nSPS) is 25.8. The van der Waals surface area contributed by atoms with Crippen molar-refractivity contribution in [3.8, 4) is 0 Å². The van der Waals surface area contributed by atoms with Crippen molar-refractivity contribution in [1.29, 1.82) is 0 Å². The van der Waals surface area contributed by atoms with Crippen LogP contribution in [0.3, 0.4) is 0 Å². The Hall–Kier alpha value is -1.07. The zero-order valence-corrected chi connectivity index (χ0v) is 11.2. The molecule has 2 atom stereocenters. The van der Waals surface area contributed by atoms with Crippen molar-refractivity contribution in [3.63, 3.8) is 0 Å². The van der Waals surface area contributed by atoms with Crippen molar-refractivity contribution >= 4 is 27.3 Å². The fourth-order valence-corrected chi connectivity index (χ4v) is 4.53. The summed E-state index contributed by atoms with van der Waals surface area (Å²) in [5, 5.41) is 2.15. The molecule has 0 unspecified atom stereocenters. The Morgan fingerprint density at radius 2 is 1.94 bits per heavy atom. The van der Waals surface area contributed by atoms with Gasteiger partial charge in [0.1, 0.15) is 0 Å². The van der Waals surface area contributed by atoms with Gasteiger partial charge in [-0.25, -0.2) is 8.42 Å². The highest BCUT2D eigenvalue weighted by atomic mass is 35.5. The molecule has 2 rings (SSSR count). The predicted octanol–water partition coefficient (Wildman–Crippen LogP) is 0.750. The van der Waals surface area contributed by atoms with E-state index in [0.717, 1.165) is 5.56 Å². The van der Waals surface area contributed by atoms with Crippen molar-refractivity contribution in [2.45, 2.75) is 17.8 Å². The molecule has 1 aromatic carbocycles. The minimum Gasteiger partial charge on any atom is -0.351 e. The van der Waals surface area contributed by atoms with E-state index in [1.54, 1.807) is 0 Å². The van der Waals surface area contributed by atoms with Gasteiger partial charge in [-0.15, -0.1) is 11.6 Å². The van der Waals surface area contributed by atoms with E-state index in [-0.39, 0.29) is 23.8 Å². The van der Waals surface area contributed by atoms with E-state index in [2.05, 4.69) is 5.32 Å². The van der Waals surface area contributed by atoms with Gasteiger partial charge in [0.2, 0.25) is 5.91 Å². The number of hydrogen-bond acceptors (Lipinski definition) is 3. The van der Waals surface area contributed by atoms with Gasteiger partial charge in [0, 0.05) is 0 Å². The number of rotatable bonds is 3. The van der Waals surface area contributed by atoms with Crippen LogP contribution < -0.4 is 5.32 Å². The first-order valence-corrected chi connectivity index (χ1v) is 7.90. The fourth-order valence-electron chi connectivity index (χ4n) is 1.98. The zero-order valence-electron chi connectivity index (χ0n) is 9.67. The third-order valence-electron chi connectivity index (χ3n) is 2.84. The van der Waals surface area contributed by atoms with Gasteiger partial charge in [-0.1, -0.05) is 30.3 Å². The number of nitrogens with one attached hydrogen (secondary N) is 1. The molecule has 1 N–H and O–H groups in total. The van der Waals surface area contributed by atoms with Gasteiger partial charge in [-0.3, -0.25) is 4.79 Å². The molecule has 0 radical (unpaired) electrons. The molecule has 0 saturated carbocycles. The van der Waals surface area contributed by atoms with E-state index in [9.17, 15) is 13.2 Å². The van der Waals surface area contributed by atoms with E-state index in [1.807, 2.05) is 30.3 Å². The van der Waals surface area contributed by atoms with E-state index in [0.29, 0.717) is 0 Å². The molecule has 18 heavy (non-hydrogen) atoms. The summed E-state index contributed by atoms with van der Waals surface area (Å²) in [6.07, 6.45) is 0.237. The first kappa shape index (κ1) is 13.4. The lowest BCUT2D eigenvalue weighted by Gasteiger charge is -2.14. The SMILES string of the molecule is O=C(Cc1ccccc1)N[C@H]1CS(=O)(=O)C[C@H]1Cl. The summed E-state index contributed by atoms with van der Waals surface area (Å²) in [5.41, 5.74) is 0.891.